The van der Waals surface area contributed by atoms with E-state index in [1.165, 1.54) is 0 Å². The average molecular weight is 433 g/mol. The van der Waals surface area contributed by atoms with Crippen LogP contribution < -0.4 is 14.2 Å². The fourth-order valence-corrected chi connectivity index (χ4v) is 3.81. The number of hydrogen-bond acceptors (Lipinski definition) is 7. The fourth-order valence-electron chi connectivity index (χ4n) is 3.81. The van der Waals surface area contributed by atoms with Crippen LogP contribution in [0.5, 0.6) is 17.2 Å². The molecule has 1 atom stereocenters. The Morgan fingerprint density at radius 3 is 2.61 bits per heavy atom. The van der Waals surface area contributed by atoms with Gasteiger partial charge in [-0.3, -0.25) is 0 Å². The molecule has 170 valence electrons. The van der Waals surface area contributed by atoms with Crippen molar-refractivity contribution in [2.24, 2.45) is 5.92 Å². The number of carbonyl (C=O) groups excluding carboxylic acids is 1. The molecule has 0 saturated heterocycles. The van der Waals surface area contributed by atoms with Crippen molar-refractivity contribution in [2.45, 2.75) is 65.8 Å². The molecule has 0 aromatic heterocycles. The van der Waals surface area contributed by atoms with Gasteiger partial charge in [-0.1, -0.05) is 19.9 Å². The van der Waals surface area contributed by atoms with Gasteiger partial charge in [-0.25, -0.2) is 4.79 Å². The monoisotopic (exact) mass is 432 g/mol. The van der Waals surface area contributed by atoms with E-state index in [9.17, 15) is 15.0 Å². The normalized spacial score (nSPS) is 18.8. The number of aliphatic hydroxyl groups excluding tert-OH is 1. The lowest BCUT2D eigenvalue weighted by Gasteiger charge is -2.26. The van der Waals surface area contributed by atoms with Crippen molar-refractivity contribution >= 4 is 11.5 Å². The van der Waals surface area contributed by atoms with Crippen LogP contribution in [0.2, 0.25) is 0 Å². The van der Waals surface area contributed by atoms with Crippen LogP contribution in [0.4, 0.5) is 0 Å². The van der Waals surface area contributed by atoms with Crippen LogP contribution in [0.1, 0.15) is 57.7 Å². The van der Waals surface area contributed by atoms with Gasteiger partial charge in [-0.2, -0.15) is 0 Å². The van der Waals surface area contributed by atoms with Gasteiger partial charge in [0.1, 0.15) is 23.4 Å². The van der Waals surface area contributed by atoms with Crippen LogP contribution in [-0.4, -0.2) is 41.6 Å². The van der Waals surface area contributed by atoms with Crippen molar-refractivity contribution in [3.05, 3.63) is 34.6 Å². The third-order valence-corrected chi connectivity index (χ3v) is 5.42. The lowest BCUT2D eigenvalue weighted by molar-refractivity contribution is -0.141. The third kappa shape index (κ3) is 4.43. The molecular weight excluding hydrogens is 400 g/mol. The predicted octanol–water partition coefficient (Wildman–Crippen LogP) is 3.53. The van der Waals surface area contributed by atoms with Crippen molar-refractivity contribution in [1.82, 2.24) is 0 Å². The van der Waals surface area contributed by atoms with E-state index in [4.69, 9.17) is 18.9 Å². The van der Waals surface area contributed by atoms with E-state index in [0.29, 0.717) is 40.7 Å². The van der Waals surface area contributed by atoms with Crippen LogP contribution in [-0.2, 0) is 22.6 Å². The highest BCUT2D eigenvalue weighted by Crippen LogP contribution is 2.53. The van der Waals surface area contributed by atoms with Gasteiger partial charge in [-0.15, -0.1) is 0 Å². The second-order valence-corrected chi connectivity index (χ2v) is 8.77. The minimum absolute atomic E-state index is 0.0399. The van der Waals surface area contributed by atoms with Crippen molar-refractivity contribution in [1.29, 1.82) is 0 Å². The molecule has 1 aromatic rings. The van der Waals surface area contributed by atoms with Gasteiger partial charge in [0.2, 0.25) is 5.76 Å². The van der Waals surface area contributed by atoms with E-state index in [-0.39, 0.29) is 19.0 Å². The van der Waals surface area contributed by atoms with E-state index in [2.05, 4.69) is 13.8 Å². The van der Waals surface area contributed by atoms with Crippen molar-refractivity contribution < 1.29 is 34.0 Å². The van der Waals surface area contributed by atoms with Gasteiger partial charge < -0.3 is 29.2 Å². The van der Waals surface area contributed by atoms with Crippen molar-refractivity contribution in [3.63, 3.8) is 0 Å². The Balaban J connectivity index is 2.23. The Kier molecular flexibility index (Phi) is 6.67. The zero-order valence-electron chi connectivity index (χ0n) is 19.1. The van der Waals surface area contributed by atoms with Gasteiger partial charge in [0.15, 0.2) is 0 Å². The summed E-state index contributed by atoms with van der Waals surface area (Å²) in [6.45, 7) is 9.15. The molecule has 1 aromatic carbocycles. The number of carbonyl (C=O) groups is 1. The van der Waals surface area contributed by atoms with E-state index >= 15 is 0 Å². The second kappa shape index (κ2) is 8.93. The molecule has 0 unspecified atom stereocenters. The number of ether oxygens (including phenoxy) is 4. The van der Waals surface area contributed by atoms with Crippen molar-refractivity contribution in [3.8, 4) is 17.2 Å². The maximum Gasteiger partial charge on any atom is 0.374 e. The molecule has 0 saturated carbocycles. The Labute approximate surface area is 183 Å². The minimum Gasteiger partial charge on any atom is -0.496 e. The number of rotatable bonds is 7. The largest absolute Gasteiger partial charge is 0.496 e. The Morgan fingerprint density at radius 2 is 2.06 bits per heavy atom. The zero-order chi connectivity index (χ0) is 22.9. The molecule has 2 heterocycles. The summed E-state index contributed by atoms with van der Waals surface area (Å²) in [5.41, 5.74) is 1.52. The minimum atomic E-state index is -1.09. The maximum atomic E-state index is 12.5. The second-order valence-electron chi connectivity index (χ2n) is 8.77. The van der Waals surface area contributed by atoms with Crippen molar-refractivity contribution in [2.75, 3.05) is 13.7 Å². The summed E-state index contributed by atoms with van der Waals surface area (Å²) in [5, 5.41) is 20.7. The van der Waals surface area contributed by atoms with E-state index in [0.717, 1.165) is 17.6 Å². The quantitative estimate of drug-likeness (QED) is 0.637. The fraction of sp³-hybridized carbons (Fsp3) is 0.542. The summed E-state index contributed by atoms with van der Waals surface area (Å²) in [6.07, 6.45) is 4.38. The third-order valence-electron chi connectivity index (χ3n) is 5.42. The van der Waals surface area contributed by atoms with Gasteiger partial charge >= 0.3 is 5.97 Å². The van der Waals surface area contributed by atoms with E-state index in [1.807, 2.05) is 6.08 Å². The molecule has 2 N–H and O–H groups in total. The average Bonchev–Trinajstić information content (AvgIpc) is 3.15. The molecule has 3 rings (SSSR count). The predicted molar refractivity (Wildman–Crippen MR) is 116 cm³/mol. The molecule has 7 heteroatoms. The first-order valence-electron chi connectivity index (χ1n) is 10.6. The molecule has 2 aliphatic heterocycles. The number of allylic oxidation sites excluding steroid dienone is 3. The zero-order valence-corrected chi connectivity index (χ0v) is 19.1. The Hall–Kier alpha value is -2.51. The highest BCUT2D eigenvalue weighted by atomic mass is 16.6. The number of esters is 1. The lowest BCUT2D eigenvalue weighted by Crippen LogP contribution is -2.39. The molecular formula is C24H32O7. The topological polar surface area (TPSA) is 94.5 Å². The number of benzene rings is 1. The highest BCUT2D eigenvalue weighted by molar-refractivity contribution is 5.96. The standard InChI is InChI=1S/C24H32O7/c1-7-29-23(26)17-10-14(9-8-13(2)3)19-21(28-6)15-11-18(24(4,5)27)31-20(15)16(12-25)22(19)30-17/h9-10,13,18,25,27H,7-8,11-12H2,1-6H3/b14-9+/t18-/m0/s1. The summed E-state index contributed by atoms with van der Waals surface area (Å²) in [4.78, 5) is 12.5. The molecule has 0 bridgehead atoms. The van der Waals surface area contributed by atoms with Gasteiger partial charge in [0.25, 0.3) is 0 Å². The van der Waals surface area contributed by atoms with Crippen LogP contribution in [0.3, 0.4) is 0 Å². The maximum absolute atomic E-state index is 12.5. The molecule has 0 spiro atoms. The summed E-state index contributed by atoms with van der Waals surface area (Å²) in [6, 6.07) is 0. The molecule has 2 aliphatic rings. The summed E-state index contributed by atoms with van der Waals surface area (Å²) in [5.74, 6) is 1.16. The first-order valence-corrected chi connectivity index (χ1v) is 10.6. The first-order chi connectivity index (χ1) is 14.6. The number of fused-ring (bicyclic) bond motifs is 2. The van der Waals surface area contributed by atoms with E-state index < -0.39 is 17.7 Å². The smallest absolute Gasteiger partial charge is 0.374 e. The van der Waals surface area contributed by atoms with Crippen LogP contribution in [0, 0.1) is 5.92 Å². The number of hydrogen-bond donors (Lipinski definition) is 2. The van der Waals surface area contributed by atoms with Crippen LogP contribution in [0.25, 0.3) is 5.57 Å². The molecule has 0 fully saturated rings. The first kappa shape index (κ1) is 23.2. The van der Waals surface area contributed by atoms with E-state index in [1.54, 1.807) is 34.0 Å². The molecule has 0 radical (unpaired) electrons. The molecule has 0 amide bonds. The summed E-state index contributed by atoms with van der Waals surface area (Å²) >= 11 is 0. The van der Waals surface area contributed by atoms with Gasteiger partial charge in [-0.05, 0) is 44.8 Å². The molecule has 0 aliphatic carbocycles. The molecule has 7 nitrogen and oxygen atoms in total. The summed E-state index contributed by atoms with van der Waals surface area (Å²) in [7, 11) is 1.57. The van der Waals surface area contributed by atoms with Crippen LogP contribution >= 0.6 is 0 Å². The SMILES string of the molecule is CCOC(=O)C1=C/C(=C\CC(C)C)c2c(OC)c3c(c(CO)c2O1)O[C@H](C(C)(C)O)C3. The van der Waals surface area contributed by atoms with Crippen LogP contribution in [0.15, 0.2) is 17.9 Å². The Bertz CT molecular complexity index is 919. The van der Waals surface area contributed by atoms with Gasteiger partial charge in [0, 0.05) is 12.0 Å². The Morgan fingerprint density at radius 1 is 1.35 bits per heavy atom. The number of methoxy groups -OCH3 is 1. The highest BCUT2D eigenvalue weighted by Gasteiger charge is 2.42. The number of aliphatic hydroxyl groups is 2. The van der Waals surface area contributed by atoms with Gasteiger partial charge in [0.05, 0.1) is 37.1 Å². The lowest BCUT2D eigenvalue weighted by atomic mass is 9.90. The summed E-state index contributed by atoms with van der Waals surface area (Å²) < 4.78 is 22.9. The molecule has 31 heavy (non-hydrogen) atoms.